The Kier molecular flexibility index (Phi) is 4.98. The standard InChI is InChI=1S/C12H10ClNO.C2H6/c1-3-15-11-8(2)14-12(13)10-7-5-4-6-9(10)11;1-2/h3-7H,1H2,2H3;1-2H3. The molecule has 3 heteroatoms. The van der Waals surface area contributed by atoms with Crippen LogP contribution in [0.4, 0.5) is 0 Å². The molecule has 0 saturated heterocycles. The van der Waals surface area contributed by atoms with Gasteiger partial charge in [-0.15, -0.1) is 0 Å². The quantitative estimate of drug-likeness (QED) is 0.566. The van der Waals surface area contributed by atoms with E-state index >= 15 is 0 Å². The Morgan fingerprint density at radius 1 is 1.24 bits per heavy atom. The van der Waals surface area contributed by atoms with Crippen LogP contribution in [0.5, 0.6) is 5.75 Å². The van der Waals surface area contributed by atoms with Gasteiger partial charge in [0.1, 0.15) is 5.15 Å². The van der Waals surface area contributed by atoms with Crippen molar-refractivity contribution in [2.24, 2.45) is 0 Å². The number of aromatic nitrogens is 1. The summed E-state index contributed by atoms with van der Waals surface area (Å²) >= 11 is 6.04. The summed E-state index contributed by atoms with van der Waals surface area (Å²) in [5.74, 6) is 0.713. The first kappa shape index (κ1) is 13.5. The smallest absolute Gasteiger partial charge is 0.155 e. The third-order valence-corrected chi connectivity index (χ3v) is 2.48. The molecule has 1 aromatic carbocycles. The van der Waals surface area contributed by atoms with E-state index in [1.54, 1.807) is 0 Å². The van der Waals surface area contributed by atoms with Gasteiger partial charge >= 0.3 is 0 Å². The number of aryl methyl sites for hydroxylation is 1. The highest BCUT2D eigenvalue weighted by atomic mass is 35.5. The zero-order valence-electron chi connectivity index (χ0n) is 10.3. The number of nitrogens with zero attached hydrogens (tertiary/aromatic N) is 1. The van der Waals surface area contributed by atoms with Crippen molar-refractivity contribution in [3.63, 3.8) is 0 Å². The molecule has 0 atom stereocenters. The fourth-order valence-corrected chi connectivity index (χ4v) is 1.84. The molecule has 90 valence electrons. The van der Waals surface area contributed by atoms with E-state index in [1.165, 1.54) is 6.26 Å². The lowest BCUT2D eigenvalue weighted by Crippen LogP contribution is -1.92. The first-order valence-corrected chi connectivity index (χ1v) is 5.94. The fourth-order valence-electron chi connectivity index (χ4n) is 1.55. The van der Waals surface area contributed by atoms with Crippen LogP contribution in [0.1, 0.15) is 19.5 Å². The van der Waals surface area contributed by atoms with Gasteiger partial charge in [0.25, 0.3) is 0 Å². The molecule has 0 amide bonds. The van der Waals surface area contributed by atoms with Crippen molar-refractivity contribution in [2.45, 2.75) is 20.8 Å². The molecule has 0 aliphatic carbocycles. The van der Waals surface area contributed by atoms with Crippen LogP contribution in [0.3, 0.4) is 0 Å². The van der Waals surface area contributed by atoms with E-state index in [-0.39, 0.29) is 0 Å². The summed E-state index contributed by atoms with van der Waals surface area (Å²) in [5, 5.41) is 2.34. The predicted molar refractivity (Wildman–Crippen MR) is 73.7 cm³/mol. The predicted octanol–water partition coefficient (Wildman–Crippen LogP) is 4.75. The number of hydrogen-bond acceptors (Lipinski definition) is 2. The van der Waals surface area contributed by atoms with Crippen LogP contribution in [-0.2, 0) is 0 Å². The Hall–Kier alpha value is -1.54. The van der Waals surface area contributed by atoms with Crippen molar-refractivity contribution in [3.05, 3.63) is 48.0 Å². The average molecular weight is 250 g/mol. The largest absolute Gasteiger partial charge is 0.463 e. The minimum absolute atomic E-state index is 0.500. The monoisotopic (exact) mass is 249 g/mol. The second-order valence-corrected chi connectivity index (χ2v) is 3.51. The highest BCUT2D eigenvalue weighted by molar-refractivity contribution is 6.34. The van der Waals surface area contributed by atoms with Crippen molar-refractivity contribution in [2.75, 3.05) is 0 Å². The molecule has 0 aliphatic heterocycles. The second-order valence-electron chi connectivity index (χ2n) is 3.15. The molecule has 2 rings (SSSR count). The van der Waals surface area contributed by atoms with E-state index in [9.17, 15) is 0 Å². The SMILES string of the molecule is C=COc1c(C)nc(Cl)c2ccccc12.CC. The summed E-state index contributed by atoms with van der Waals surface area (Å²) in [6.45, 7) is 9.40. The van der Waals surface area contributed by atoms with Crippen molar-refractivity contribution < 1.29 is 4.74 Å². The molecule has 0 saturated carbocycles. The van der Waals surface area contributed by atoms with Crippen molar-refractivity contribution in [1.82, 2.24) is 4.98 Å². The third kappa shape index (κ3) is 2.77. The molecule has 0 bridgehead atoms. The lowest BCUT2D eigenvalue weighted by molar-refractivity contribution is 0.482. The van der Waals surface area contributed by atoms with Gasteiger partial charge < -0.3 is 4.74 Å². The van der Waals surface area contributed by atoms with E-state index in [1.807, 2.05) is 45.0 Å². The van der Waals surface area contributed by atoms with E-state index in [0.29, 0.717) is 10.9 Å². The summed E-state index contributed by atoms with van der Waals surface area (Å²) in [5.41, 5.74) is 0.763. The van der Waals surface area contributed by atoms with Crippen molar-refractivity contribution in [3.8, 4) is 5.75 Å². The van der Waals surface area contributed by atoms with Gasteiger partial charge in [0.05, 0.1) is 12.0 Å². The van der Waals surface area contributed by atoms with Crippen molar-refractivity contribution >= 4 is 22.4 Å². The molecule has 0 aliphatic rings. The van der Waals surface area contributed by atoms with Gasteiger partial charge in [-0.3, -0.25) is 0 Å². The summed E-state index contributed by atoms with van der Waals surface area (Å²) in [6.07, 6.45) is 1.39. The Morgan fingerprint density at radius 3 is 2.41 bits per heavy atom. The van der Waals surface area contributed by atoms with Gasteiger partial charge in [0.2, 0.25) is 0 Å². The van der Waals surface area contributed by atoms with E-state index in [2.05, 4.69) is 11.6 Å². The van der Waals surface area contributed by atoms with Gasteiger partial charge in [-0.1, -0.05) is 56.3 Å². The Bertz CT molecular complexity index is 523. The van der Waals surface area contributed by atoms with E-state index < -0.39 is 0 Å². The van der Waals surface area contributed by atoms with Crippen LogP contribution in [-0.4, -0.2) is 4.98 Å². The molecule has 0 unspecified atom stereocenters. The van der Waals surface area contributed by atoms with Crippen LogP contribution >= 0.6 is 11.6 Å². The number of rotatable bonds is 2. The first-order valence-electron chi connectivity index (χ1n) is 5.56. The second kappa shape index (κ2) is 6.26. The third-order valence-electron chi connectivity index (χ3n) is 2.19. The maximum Gasteiger partial charge on any atom is 0.155 e. The molecule has 0 spiro atoms. The lowest BCUT2D eigenvalue weighted by atomic mass is 10.1. The van der Waals surface area contributed by atoms with Crippen LogP contribution in [0.2, 0.25) is 5.15 Å². The van der Waals surface area contributed by atoms with Crippen LogP contribution in [0.25, 0.3) is 10.8 Å². The summed E-state index contributed by atoms with van der Waals surface area (Å²) < 4.78 is 5.35. The van der Waals surface area contributed by atoms with Crippen molar-refractivity contribution in [1.29, 1.82) is 0 Å². The molecule has 17 heavy (non-hydrogen) atoms. The maximum absolute atomic E-state index is 6.04. The van der Waals surface area contributed by atoms with Gasteiger partial charge in [-0.25, -0.2) is 4.98 Å². The molecule has 1 heterocycles. The van der Waals surface area contributed by atoms with Gasteiger partial charge in [0.15, 0.2) is 5.75 Å². The minimum atomic E-state index is 0.500. The molecule has 1 aromatic heterocycles. The molecule has 2 nitrogen and oxygen atoms in total. The molecule has 0 radical (unpaired) electrons. The topological polar surface area (TPSA) is 22.1 Å². The Balaban J connectivity index is 0.000000686. The molecular weight excluding hydrogens is 234 g/mol. The number of hydrogen-bond donors (Lipinski definition) is 0. The normalized spacial score (nSPS) is 9.41. The molecular formula is C14H16ClNO. The van der Waals surface area contributed by atoms with E-state index in [4.69, 9.17) is 16.3 Å². The highest BCUT2D eigenvalue weighted by Gasteiger charge is 2.09. The Labute approximate surface area is 107 Å². The zero-order chi connectivity index (χ0) is 12.8. The summed E-state index contributed by atoms with van der Waals surface area (Å²) in [7, 11) is 0. The average Bonchev–Trinajstić information content (AvgIpc) is 2.37. The Morgan fingerprint density at radius 2 is 1.82 bits per heavy atom. The van der Waals surface area contributed by atoms with E-state index in [0.717, 1.165) is 16.5 Å². The number of pyridine rings is 1. The molecule has 0 fully saturated rings. The number of halogens is 1. The van der Waals surface area contributed by atoms with Crippen LogP contribution < -0.4 is 4.74 Å². The van der Waals surface area contributed by atoms with Crippen LogP contribution in [0.15, 0.2) is 37.1 Å². The van der Waals surface area contributed by atoms with Gasteiger partial charge in [-0.05, 0) is 6.92 Å². The molecule has 2 aromatic rings. The number of benzene rings is 1. The fraction of sp³-hybridized carbons (Fsp3) is 0.214. The lowest BCUT2D eigenvalue weighted by Gasteiger charge is -2.09. The van der Waals surface area contributed by atoms with Gasteiger partial charge in [-0.2, -0.15) is 0 Å². The maximum atomic E-state index is 6.04. The van der Waals surface area contributed by atoms with Crippen LogP contribution in [0, 0.1) is 6.92 Å². The number of fused-ring (bicyclic) bond motifs is 1. The summed E-state index contributed by atoms with van der Waals surface area (Å²) in [4.78, 5) is 4.21. The summed E-state index contributed by atoms with van der Waals surface area (Å²) in [6, 6.07) is 7.73. The van der Waals surface area contributed by atoms with Gasteiger partial charge in [0, 0.05) is 10.8 Å². The highest BCUT2D eigenvalue weighted by Crippen LogP contribution is 2.32. The number of ether oxygens (including phenoxy) is 1. The first-order chi connectivity index (χ1) is 8.24. The minimum Gasteiger partial charge on any atom is -0.463 e. The zero-order valence-corrected chi connectivity index (χ0v) is 11.1. The molecule has 0 N–H and O–H groups in total.